The fourth-order valence-electron chi connectivity index (χ4n) is 5.24. The molecule has 39 heavy (non-hydrogen) atoms. The van der Waals surface area contributed by atoms with Crippen LogP contribution >= 0.6 is 79.4 Å². The number of hydrogen-bond donors (Lipinski definition) is 0. The molecule has 1 aromatic carbocycles. The van der Waals surface area contributed by atoms with Crippen LogP contribution in [0.3, 0.4) is 0 Å². The molecule has 0 nitrogen and oxygen atoms in total. The van der Waals surface area contributed by atoms with Gasteiger partial charge in [-0.25, -0.2) is 0 Å². The van der Waals surface area contributed by atoms with E-state index in [4.69, 9.17) is 0 Å². The second kappa shape index (κ2) is 8.83. The van der Waals surface area contributed by atoms with Crippen LogP contribution in [-0.4, -0.2) is 0 Å². The van der Waals surface area contributed by atoms with Crippen molar-refractivity contribution < 1.29 is 0 Å². The highest BCUT2D eigenvalue weighted by Gasteiger charge is 2.23. The number of hydrogen-bond acceptors (Lipinski definition) is 7. The first kappa shape index (κ1) is 24.9. The molecule has 7 aromatic heterocycles. The lowest BCUT2D eigenvalue weighted by molar-refractivity contribution is 1.44. The minimum atomic E-state index is 1.40. The first-order valence-electron chi connectivity index (χ1n) is 12.8. The van der Waals surface area contributed by atoms with Crippen molar-refractivity contribution in [1.82, 2.24) is 0 Å². The molecule has 7 heterocycles. The smallest absolute Gasteiger partial charge is 0.0543 e. The van der Waals surface area contributed by atoms with Crippen molar-refractivity contribution in [2.45, 2.75) is 41.5 Å². The molecule has 0 amide bonds. The Hall–Kier alpha value is -1.84. The van der Waals surface area contributed by atoms with E-state index in [1.807, 2.05) is 79.4 Å². The van der Waals surface area contributed by atoms with Gasteiger partial charge in [-0.2, -0.15) is 0 Å². The molecule has 0 spiro atoms. The molecule has 0 aliphatic rings. The van der Waals surface area contributed by atoms with E-state index >= 15 is 0 Å². The summed E-state index contributed by atoms with van der Waals surface area (Å²) in [5.41, 5.74) is 4.19. The van der Waals surface area contributed by atoms with Crippen LogP contribution in [0, 0.1) is 41.5 Å². The Morgan fingerprint density at radius 1 is 0.359 bits per heavy atom. The van der Waals surface area contributed by atoms with Crippen LogP contribution in [0.4, 0.5) is 0 Å². The lowest BCUT2D eigenvalue weighted by Crippen LogP contribution is -1.69. The molecule has 0 aliphatic carbocycles. The summed E-state index contributed by atoms with van der Waals surface area (Å²) in [6, 6.07) is 14.6. The molecular formula is C32H24S7. The molecular weight excluding hydrogens is 609 g/mol. The second-order valence-corrected chi connectivity index (χ2v) is 18.3. The lowest BCUT2D eigenvalue weighted by atomic mass is 10.1. The predicted molar refractivity (Wildman–Crippen MR) is 186 cm³/mol. The molecule has 0 saturated heterocycles. The summed E-state index contributed by atoms with van der Waals surface area (Å²) in [7, 11) is 0. The molecule has 0 saturated carbocycles. The molecule has 8 rings (SSSR count). The van der Waals surface area contributed by atoms with Crippen LogP contribution in [0.25, 0.3) is 68.9 Å². The summed E-state index contributed by atoms with van der Waals surface area (Å²) >= 11 is 13.7. The molecule has 7 heteroatoms. The average Bonchev–Trinajstić information content (AvgIpc) is 3.71. The maximum absolute atomic E-state index is 2.50. The van der Waals surface area contributed by atoms with Gasteiger partial charge in [0.2, 0.25) is 0 Å². The zero-order chi connectivity index (χ0) is 26.7. The van der Waals surface area contributed by atoms with Crippen LogP contribution in [0.5, 0.6) is 0 Å². The standard InChI is InChI=1S/C32H24S7/c1-13-7-21(33-16(13)4)24-10-19-28-29(39-27-12-26(38-32(27)28)23-9-15(3)18(6)35-23)20-11-25(37-31(20)30(19)36-24)22-8-14(2)17(5)34-22/h7-12H,1-6H3. The van der Waals surface area contributed by atoms with Crippen molar-refractivity contribution >= 4 is 119 Å². The molecule has 0 aliphatic heterocycles. The van der Waals surface area contributed by atoms with Gasteiger partial charge in [0.25, 0.3) is 0 Å². The van der Waals surface area contributed by atoms with Crippen molar-refractivity contribution in [3.8, 4) is 29.3 Å². The highest BCUT2D eigenvalue weighted by molar-refractivity contribution is 7.37. The molecule has 8 aromatic rings. The van der Waals surface area contributed by atoms with E-state index in [1.165, 1.54) is 100 Å². The number of fused-ring (bicyclic) bond motifs is 8. The summed E-state index contributed by atoms with van der Waals surface area (Å²) in [5.74, 6) is 0. The molecule has 0 radical (unpaired) electrons. The van der Waals surface area contributed by atoms with Gasteiger partial charge in [-0.1, -0.05) is 0 Å². The summed E-state index contributed by atoms with van der Waals surface area (Å²) in [6.45, 7) is 13.4. The Morgan fingerprint density at radius 2 is 0.769 bits per heavy atom. The van der Waals surface area contributed by atoms with Crippen molar-refractivity contribution in [2.24, 2.45) is 0 Å². The van der Waals surface area contributed by atoms with Crippen molar-refractivity contribution in [3.05, 3.63) is 67.7 Å². The number of thiophene rings is 7. The second-order valence-electron chi connectivity index (χ2n) is 10.4. The van der Waals surface area contributed by atoms with Crippen LogP contribution in [0.1, 0.15) is 31.3 Å². The minimum Gasteiger partial charge on any atom is -0.139 e. The molecule has 194 valence electrons. The number of rotatable bonds is 3. The van der Waals surface area contributed by atoms with Gasteiger partial charge < -0.3 is 0 Å². The van der Waals surface area contributed by atoms with E-state index in [0.717, 1.165) is 0 Å². The van der Waals surface area contributed by atoms with E-state index < -0.39 is 0 Å². The van der Waals surface area contributed by atoms with E-state index in [0.29, 0.717) is 0 Å². The van der Waals surface area contributed by atoms with Gasteiger partial charge in [0, 0.05) is 69.5 Å². The van der Waals surface area contributed by atoms with E-state index in [1.54, 1.807) is 0 Å². The van der Waals surface area contributed by atoms with Crippen LogP contribution in [0.2, 0.25) is 0 Å². The third-order valence-electron chi connectivity index (χ3n) is 7.77. The summed E-state index contributed by atoms with van der Waals surface area (Å²) in [5, 5.41) is 4.34. The van der Waals surface area contributed by atoms with Gasteiger partial charge in [-0.3, -0.25) is 0 Å². The summed E-state index contributed by atoms with van der Waals surface area (Å²) in [4.78, 5) is 12.7. The Kier molecular flexibility index (Phi) is 5.64. The average molecular weight is 633 g/mol. The largest absolute Gasteiger partial charge is 0.139 e. The van der Waals surface area contributed by atoms with Crippen LogP contribution in [-0.2, 0) is 0 Å². The fourth-order valence-corrected chi connectivity index (χ4v) is 13.8. The predicted octanol–water partition coefficient (Wildman–Crippen LogP) is 13.6. The van der Waals surface area contributed by atoms with Crippen molar-refractivity contribution in [3.63, 3.8) is 0 Å². The SMILES string of the molecule is Cc1cc(-c2cc3c(s2)c2sc(-c4cc(C)c(C)s4)cc2c2c4sc(-c5cc(C)c(C)s5)cc4sc32)sc1C. The van der Waals surface area contributed by atoms with Crippen LogP contribution in [0.15, 0.2) is 36.4 Å². The Bertz CT molecular complexity index is 2180. The zero-order valence-electron chi connectivity index (χ0n) is 22.3. The van der Waals surface area contributed by atoms with Gasteiger partial charge in [-0.05, 0) is 94.6 Å². The lowest BCUT2D eigenvalue weighted by Gasteiger charge is -1.98. The van der Waals surface area contributed by atoms with Crippen molar-refractivity contribution in [1.29, 1.82) is 0 Å². The van der Waals surface area contributed by atoms with E-state index in [9.17, 15) is 0 Å². The van der Waals surface area contributed by atoms with E-state index in [2.05, 4.69) is 77.9 Å². The topological polar surface area (TPSA) is 0 Å². The molecule has 0 atom stereocenters. The fraction of sp³-hybridized carbons (Fsp3) is 0.188. The first-order chi connectivity index (χ1) is 18.7. The van der Waals surface area contributed by atoms with Gasteiger partial charge >= 0.3 is 0 Å². The highest BCUT2D eigenvalue weighted by Crippen LogP contribution is 2.54. The molecule has 0 N–H and O–H groups in total. The van der Waals surface area contributed by atoms with Crippen molar-refractivity contribution in [2.75, 3.05) is 0 Å². The Morgan fingerprint density at radius 3 is 1.26 bits per heavy atom. The maximum atomic E-state index is 2.50. The first-order valence-corrected chi connectivity index (χ1v) is 18.5. The van der Waals surface area contributed by atoms with Gasteiger partial charge in [0.1, 0.15) is 0 Å². The van der Waals surface area contributed by atoms with Gasteiger partial charge in [0.05, 0.1) is 14.1 Å². The third kappa shape index (κ3) is 3.74. The number of benzene rings is 1. The monoisotopic (exact) mass is 632 g/mol. The normalized spacial score (nSPS) is 12.4. The molecule has 0 fully saturated rings. The Labute approximate surface area is 255 Å². The number of aryl methyl sites for hydroxylation is 6. The van der Waals surface area contributed by atoms with Crippen LogP contribution < -0.4 is 0 Å². The summed E-state index contributed by atoms with van der Waals surface area (Å²) in [6.07, 6.45) is 0. The minimum absolute atomic E-state index is 1.40. The summed E-state index contributed by atoms with van der Waals surface area (Å²) < 4.78 is 7.25. The zero-order valence-corrected chi connectivity index (χ0v) is 28.0. The maximum Gasteiger partial charge on any atom is 0.0543 e. The molecule has 0 bridgehead atoms. The Balaban J connectivity index is 1.45. The third-order valence-corrected chi connectivity index (χ3v) is 16.7. The van der Waals surface area contributed by atoms with Gasteiger partial charge in [-0.15, -0.1) is 79.4 Å². The van der Waals surface area contributed by atoms with Gasteiger partial charge in [0.15, 0.2) is 0 Å². The quantitative estimate of drug-likeness (QED) is 0.182. The highest BCUT2D eigenvalue weighted by atomic mass is 32.1. The van der Waals surface area contributed by atoms with E-state index in [-0.39, 0.29) is 0 Å². The molecule has 0 unspecified atom stereocenters.